The second-order valence-corrected chi connectivity index (χ2v) is 5.77. The van der Waals surface area contributed by atoms with Crippen LogP contribution in [0.1, 0.15) is 43.9 Å². The summed E-state index contributed by atoms with van der Waals surface area (Å²) in [5.74, 6) is -0.577. The number of ether oxygens (including phenoxy) is 1. The molecule has 7 heteroatoms. The molecule has 1 atom stereocenters. The summed E-state index contributed by atoms with van der Waals surface area (Å²) >= 11 is 0. The molecule has 1 aromatic carbocycles. The van der Waals surface area contributed by atoms with Crippen LogP contribution in [0.5, 0.6) is 0 Å². The topological polar surface area (TPSA) is 74.2 Å². The first-order valence-electron chi connectivity index (χ1n) is 8.28. The predicted molar refractivity (Wildman–Crippen MR) is 91.8 cm³/mol. The molecular weight excluding hydrogens is 328 g/mol. The maximum atomic E-state index is 13.2. The van der Waals surface area contributed by atoms with Gasteiger partial charge in [-0.15, -0.1) is 0 Å². The molecular formula is C18H23F2N3O2. The zero-order valence-electron chi connectivity index (χ0n) is 14.4. The summed E-state index contributed by atoms with van der Waals surface area (Å²) in [6, 6.07) is 5.69. The van der Waals surface area contributed by atoms with Crippen LogP contribution in [-0.2, 0) is 9.53 Å². The Bertz CT molecular complexity index is 674. The average Bonchev–Trinajstić information content (AvgIpc) is 2.60. The zero-order chi connectivity index (χ0) is 18.4. The molecule has 1 fully saturated rings. The van der Waals surface area contributed by atoms with E-state index >= 15 is 0 Å². The van der Waals surface area contributed by atoms with Gasteiger partial charge in [-0.05, 0) is 19.4 Å². The van der Waals surface area contributed by atoms with E-state index in [-0.39, 0.29) is 17.9 Å². The number of nitrogens with one attached hydrogen (secondary N) is 3. The number of benzene rings is 1. The van der Waals surface area contributed by atoms with Gasteiger partial charge in [0.05, 0.1) is 6.61 Å². The van der Waals surface area contributed by atoms with Crippen molar-refractivity contribution in [3.05, 3.63) is 46.7 Å². The van der Waals surface area contributed by atoms with Crippen LogP contribution in [0.3, 0.4) is 0 Å². The van der Waals surface area contributed by atoms with Crippen molar-refractivity contribution < 1.29 is 18.3 Å². The lowest BCUT2D eigenvalue weighted by atomic mass is 9.98. The minimum Gasteiger partial charge on any atom is -0.461 e. The summed E-state index contributed by atoms with van der Waals surface area (Å²) in [5, 5.41) is 14.2. The van der Waals surface area contributed by atoms with Crippen molar-refractivity contribution in [1.29, 1.82) is 5.41 Å². The standard InChI is InChI=1S/C18H23F2N3O2/c1-3-25-18(24)16(14-10-22-9-8-15(14)21)23-11(2)12-6-4-5-7-13(12)17(19)20/h4-7,11,17,21-23H,3,8-10H2,1-2H3/b16-14-,21-15?. The van der Waals surface area contributed by atoms with Gasteiger partial charge in [-0.3, -0.25) is 0 Å². The molecule has 136 valence electrons. The number of esters is 1. The third-order valence-electron chi connectivity index (χ3n) is 4.06. The van der Waals surface area contributed by atoms with E-state index in [0.717, 1.165) is 0 Å². The highest BCUT2D eigenvalue weighted by atomic mass is 19.3. The van der Waals surface area contributed by atoms with Gasteiger partial charge >= 0.3 is 5.97 Å². The first kappa shape index (κ1) is 19.1. The predicted octanol–water partition coefficient (Wildman–Crippen LogP) is 3.11. The Labute approximate surface area is 146 Å². The summed E-state index contributed by atoms with van der Waals surface area (Å²) in [7, 11) is 0. The third-order valence-corrected chi connectivity index (χ3v) is 4.06. The van der Waals surface area contributed by atoms with Gasteiger partial charge in [0.25, 0.3) is 6.43 Å². The van der Waals surface area contributed by atoms with Crippen molar-refractivity contribution in [3.63, 3.8) is 0 Å². The van der Waals surface area contributed by atoms with Crippen molar-refractivity contribution in [2.75, 3.05) is 19.7 Å². The van der Waals surface area contributed by atoms with Crippen molar-refractivity contribution in [1.82, 2.24) is 10.6 Å². The molecule has 1 aliphatic heterocycles. The maximum absolute atomic E-state index is 13.2. The second kappa shape index (κ2) is 8.71. The molecule has 1 unspecified atom stereocenters. The van der Waals surface area contributed by atoms with Gasteiger partial charge in [0.15, 0.2) is 0 Å². The number of halogens is 2. The van der Waals surface area contributed by atoms with Gasteiger partial charge in [-0.25, -0.2) is 13.6 Å². The monoisotopic (exact) mass is 351 g/mol. The van der Waals surface area contributed by atoms with Crippen molar-refractivity contribution in [3.8, 4) is 0 Å². The first-order valence-corrected chi connectivity index (χ1v) is 8.28. The van der Waals surface area contributed by atoms with Gasteiger partial charge in [0.1, 0.15) is 5.70 Å². The third kappa shape index (κ3) is 4.63. The van der Waals surface area contributed by atoms with E-state index in [4.69, 9.17) is 10.1 Å². The number of hydrogen-bond donors (Lipinski definition) is 3. The minimum absolute atomic E-state index is 0.0763. The van der Waals surface area contributed by atoms with E-state index in [0.29, 0.717) is 36.4 Å². The lowest BCUT2D eigenvalue weighted by molar-refractivity contribution is -0.139. The van der Waals surface area contributed by atoms with Gasteiger partial charge in [-0.2, -0.15) is 0 Å². The number of hydrogen-bond acceptors (Lipinski definition) is 5. The van der Waals surface area contributed by atoms with Crippen LogP contribution < -0.4 is 10.6 Å². The summed E-state index contributed by atoms with van der Waals surface area (Å²) in [5.41, 5.74) is 1.37. The van der Waals surface area contributed by atoms with Gasteiger partial charge in [-0.1, -0.05) is 24.3 Å². The number of rotatable bonds is 6. The van der Waals surface area contributed by atoms with Crippen LogP contribution in [0, 0.1) is 5.41 Å². The quantitative estimate of drug-likeness (QED) is 0.544. The average molecular weight is 351 g/mol. The number of alkyl halides is 2. The molecule has 3 N–H and O–H groups in total. The van der Waals surface area contributed by atoms with Gasteiger partial charge in [0, 0.05) is 42.4 Å². The van der Waals surface area contributed by atoms with E-state index in [2.05, 4.69) is 10.6 Å². The molecule has 0 aliphatic carbocycles. The number of carbonyl (C=O) groups excluding carboxylic acids is 1. The Morgan fingerprint density at radius 3 is 2.64 bits per heavy atom. The smallest absolute Gasteiger partial charge is 0.354 e. The second-order valence-electron chi connectivity index (χ2n) is 5.77. The largest absolute Gasteiger partial charge is 0.461 e. The minimum atomic E-state index is -2.60. The van der Waals surface area contributed by atoms with Gasteiger partial charge in [0.2, 0.25) is 0 Å². The molecule has 0 bridgehead atoms. The zero-order valence-corrected chi connectivity index (χ0v) is 14.4. The highest BCUT2D eigenvalue weighted by Crippen LogP contribution is 2.28. The number of carbonyl (C=O) groups is 1. The Balaban J connectivity index is 2.35. The SMILES string of the molecule is CCOC(=O)/C(NC(C)c1ccccc1C(F)F)=C1\CNCCC1=N. The number of piperidine rings is 1. The summed E-state index contributed by atoms with van der Waals surface area (Å²) in [6.07, 6.45) is -2.10. The molecule has 1 saturated heterocycles. The Morgan fingerprint density at radius 1 is 1.36 bits per heavy atom. The Hall–Kier alpha value is -2.28. The van der Waals surface area contributed by atoms with Crippen molar-refractivity contribution in [2.45, 2.75) is 32.7 Å². The summed E-state index contributed by atoms with van der Waals surface area (Å²) in [4.78, 5) is 12.4. The first-order chi connectivity index (χ1) is 12.0. The normalized spacial score (nSPS) is 18.0. The maximum Gasteiger partial charge on any atom is 0.354 e. The van der Waals surface area contributed by atoms with Crippen molar-refractivity contribution >= 4 is 11.7 Å². The van der Waals surface area contributed by atoms with E-state index in [1.807, 2.05) is 0 Å². The molecule has 25 heavy (non-hydrogen) atoms. The van der Waals surface area contributed by atoms with Crippen LogP contribution in [0.15, 0.2) is 35.5 Å². The van der Waals surface area contributed by atoms with E-state index in [1.165, 1.54) is 6.07 Å². The molecule has 0 aromatic heterocycles. The lowest BCUT2D eigenvalue weighted by Crippen LogP contribution is -2.36. The molecule has 0 radical (unpaired) electrons. The molecule has 2 rings (SSSR count). The summed E-state index contributed by atoms with van der Waals surface area (Å²) in [6.45, 7) is 4.63. The van der Waals surface area contributed by atoms with E-state index in [9.17, 15) is 13.6 Å². The molecule has 1 aliphatic rings. The fourth-order valence-corrected chi connectivity index (χ4v) is 2.79. The fourth-order valence-electron chi connectivity index (χ4n) is 2.79. The van der Waals surface area contributed by atoms with Crippen LogP contribution in [-0.4, -0.2) is 31.4 Å². The van der Waals surface area contributed by atoms with Crippen LogP contribution in [0.2, 0.25) is 0 Å². The Kier molecular flexibility index (Phi) is 6.64. The lowest BCUT2D eigenvalue weighted by Gasteiger charge is -2.25. The van der Waals surface area contributed by atoms with Crippen LogP contribution >= 0.6 is 0 Å². The highest BCUT2D eigenvalue weighted by Gasteiger charge is 2.25. The van der Waals surface area contributed by atoms with Crippen LogP contribution in [0.4, 0.5) is 8.78 Å². The van der Waals surface area contributed by atoms with Crippen LogP contribution in [0.25, 0.3) is 0 Å². The van der Waals surface area contributed by atoms with Gasteiger partial charge < -0.3 is 20.8 Å². The molecule has 0 saturated carbocycles. The van der Waals surface area contributed by atoms with Crippen molar-refractivity contribution in [2.24, 2.45) is 0 Å². The van der Waals surface area contributed by atoms with E-state index < -0.39 is 18.4 Å². The summed E-state index contributed by atoms with van der Waals surface area (Å²) < 4.78 is 31.6. The van der Waals surface area contributed by atoms with E-state index in [1.54, 1.807) is 32.0 Å². The highest BCUT2D eigenvalue weighted by molar-refractivity contribution is 6.05. The molecule has 5 nitrogen and oxygen atoms in total. The Morgan fingerprint density at radius 2 is 2.04 bits per heavy atom. The molecule has 0 spiro atoms. The molecule has 1 aromatic rings. The molecule has 0 amide bonds. The molecule has 1 heterocycles. The fraction of sp³-hybridized carbons (Fsp3) is 0.444.